The molecule has 3 aromatic carbocycles. The van der Waals surface area contributed by atoms with Crippen LogP contribution in [0.4, 0.5) is 16.2 Å². The van der Waals surface area contributed by atoms with Gasteiger partial charge in [-0.05, 0) is 48.7 Å². The normalized spacial score (nSPS) is 15.9. The van der Waals surface area contributed by atoms with Crippen LogP contribution in [0.1, 0.15) is 22.7 Å². The van der Waals surface area contributed by atoms with Gasteiger partial charge >= 0.3 is 6.03 Å². The first kappa shape index (κ1) is 24.1. The van der Waals surface area contributed by atoms with Gasteiger partial charge in [0, 0.05) is 25.3 Å². The van der Waals surface area contributed by atoms with Crippen LogP contribution in [0.2, 0.25) is 5.02 Å². The number of nitriles is 1. The average Bonchev–Trinajstić information content (AvgIpc) is 2.87. The Balaban J connectivity index is 1.60. The third-order valence-electron chi connectivity index (χ3n) is 6.04. The zero-order valence-electron chi connectivity index (χ0n) is 19.7. The van der Waals surface area contributed by atoms with Crippen LogP contribution in [-0.4, -0.2) is 41.4 Å². The summed E-state index contributed by atoms with van der Waals surface area (Å²) < 4.78 is 0. The first-order valence-corrected chi connectivity index (χ1v) is 11.8. The Bertz CT molecular complexity index is 1270. The average molecular weight is 487 g/mol. The molecule has 1 fully saturated rings. The number of benzene rings is 3. The predicted octanol–water partition coefficient (Wildman–Crippen LogP) is 5.80. The number of para-hydroxylation sites is 1. The molecule has 1 heterocycles. The minimum absolute atomic E-state index is 0.225. The quantitative estimate of drug-likeness (QED) is 0.278. The van der Waals surface area contributed by atoms with E-state index in [1.54, 1.807) is 6.07 Å². The van der Waals surface area contributed by atoms with E-state index >= 15 is 0 Å². The predicted molar refractivity (Wildman–Crippen MR) is 141 cm³/mol. The van der Waals surface area contributed by atoms with Gasteiger partial charge in [-0.1, -0.05) is 66.2 Å². The van der Waals surface area contributed by atoms with Crippen molar-refractivity contribution in [1.82, 2.24) is 9.80 Å². The number of aliphatic imine (C=N–C) groups is 1. The van der Waals surface area contributed by atoms with Gasteiger partial charge in [0.05, 0.1) is 16.8 Å². The molecule has 0 radical (unpaired) electrons. The van der Waals surface area contributed by atoms with Crippen LogP contribution in [0.5, 0.6) is 0 Å². The van der Waals surface area contributed by atoms with Crippen LogP contribution in [0.25, 0.3) is 0 Å². The lowest BCUT2D eigenvalue weighted by atomic mass is 10.0. The van der Waals surface area contributed by atoms with E-state index in [1.165, 1.54) is 0 Å². The first-order chi connectivity index (χ1) is 17.0. The van der Waals surface area contributed by atoms with Crippen LogP contribution in [0, 0.1) is 25.3 Å². The molecule has 178 valence electrons. The molecular weight excluding hydrogens is 460 g/mol. The molecular formula is C27H27ClN6O. The summed E-state index contributed by atoms with van der Waals surface area (Å²) in [5, 5.41) is 16.1. The maximum Gasteiger partial charge on any atom is 0.322 e. The number of hydrogen-bond acceptors (Lipinski definition) is 3. The van der Waals surface area contributed by atoms with Crippen molar-refractivity contribution in [2.45, 2.75) is 19.9 Å². The summed E-state index contributed by atoms with van der Waals surface area (Å²) in [6, 6.07) is 22.8. The van der Waals surface area contributed by atoms with Crippen molar-refractivity contribution in [3.63, 3.8) is 0 Å². The van der Waals surface area contributed by atoms with Gasteiger partial charge in [0.1, 0.15) is 0 Å². The van der Waals surface area contributed by atoms with E-state index in [4.69, 9.17) is 11.6 Å². The van der Waals surface area contributed by atoms with Crippen molar-refractivity contribution < 1.29 is 4.79 Å². The van der Waals surface area contributed by atoms with Crippen molar-refractivity contribution in [3.8, 4) is 6.19 Å². The zero-order chi connectivity index (χ0) is 24.8. The van der Waals surface area contributed by atoms with E-state index < -0.39 is 0 Å². The Morgan fingerprint density at radius 1 is 1.00 bits per heavy atom. The molecule has 1 atom stereocenters. The van der Waals surface area contributed by atoms with E-state index in [0.717, 1.165) is 22.4 Å². The zero-order valence-corrected chi connectivity index (χ0v) is 20.5. The van der Waals surface area contributed by atoms with Crippen molar-refractivity contribution in [2.24, 2.45) is 4.99 Å². The van der Waals surface area contributed by atoms with Crippen LogP contribution in [0.3, 0.4) is 0 Å². The molecule has 35 heavy (non-hydrogen) atoms. The minimum atomic E-state index is -0.254. The van der Waals surface area contributed by atoms with Gasteiger partial charge in [-0.25, -0.2) is 4.79 Å². The second kappa shape index (κ2) is 10.9. The Morgan fingerprint density at radius 2 is 1.74 bits per heavy atom. The van der Waals surface area contributed by atoms with Crippen molar-refractivity contribution in [3.05, 3.63) is 94.5 Å². The van der Waals surface area contributed by atoms with Gasteiger partial charge in [0.15, 0.2) is 0 Å². The van der Waals surface area contributed by atoms with Gasteiger partial charge in [0.25, 0.3) is 0 Å². The number of piperazine rings is 1. The Morgan fingerprint density at radius 3 is 2.49 bits per heavy atom. The van der Waals surface area contributed by atoms with E-state index in [9.17, 15) is 10.1 Å². The first-order valence-electron chi connectivity index (χ1n) is 11.4. The molecule has 7 nitrogen and oxygen atoms in total. The summed E-state index contributed by atoms with van der Waals surface area (Å²) in [6.07, 6.45) is 1.91. The highest BCUT2D eigenvalue weighted by Crippen LogP contribution is 2.29. The fraction of sp³-hybridized carbons (Fsp3) is 0.222. The number of hydrogen-bond donors (Lipinski definition) is 2. The van der Waals surface area contributed by atoms with E-state index in [-0.39, 0.29) is 12.1 Å². The summed E-state index contributed by atoms with van der Waals surface area (Å²) in [4.78, 5) is 21.3. The second-order valence-corrected chi connectivity index (χ2v) is 8.86. The number of amides is 2. The van der Waals surface area contributed by atoms with Crippen LogP contribution >= 0.6 is 11.6 Å². The lowest BCUT2D eigenvalue weighted by molar-refractivity contribution is 0.136. The third-order valence-corrected chi connectivity index (χ3v) is 6.37. The molecule has 2 N–H and O–H groups in total. The maximum atomic E-state index is 13.4. The maximum absolute atomic E-state index is 13.4. The Kier molecular flexibility index (Phi) is 7.54. The SMILES string of the molecule is Cc1ccc(Cl)c(NC(=O)N2CCN(/C(=N\C#N)Nc3ccccc3C)CC2c2ccccc2)c1. The van der Waals surface area contributed by atoms with E-state index in [1.807, 2.05) is 96.6 Å². The topological polar surface area (TPSA) is 83.8 Å². The van der Waals surface area contributed by atoms with Crippen molar-refractivity contribution in [2.75, 3.05) is 30.3 Å². The molecule has 2 amide bonds. The molecule has 8 heteroatoms. The van der Waals surface area contributed by atoms with Gasteiger partial charge in [-0.2, -0.15) is 5.26 Å². The van der Waals surface area contributed by atoms with Gasteiger partial charge < -0.3 is 20.4 Å². The fourth-order valence-corrected chi connectivity index (χ4v) is 4.32. The number of urea groups is 1. The number of anilines is 2. The summed E-state index contributed by atoms with van der Waals surface area (Å²) in [6.45, 7) is 5.37. The van der Waals surface area contributed by atoms with Crippen molar-refractivity contribution >= 4 is 35.0 Å². The van der Waals surface area contributed by atoms with E-state index in [2.05, 4.69) is 15.6 Å². The monoisotopic (exact) mass is 486 g/mol. The number of carbonyl (C=O) groups excluding carboxylic acids is 1. The molecule has 0 aromatic heterocycles. The van der Waals surface area contributed by atoms with Gasteiger partial charge in [-0.15, -0.1) is 4.99 Å². The molecule has 3 aromatic rings. The molecule has 1 aliphatic rings. The summed E-state index contributed by atoms with van der Waals surface area (Å²) in [7, 11) is 0. The largest absolute Gasteiger partial charge is 0.338 e. The lowest BCUT2D eigenvalue weighted by Crippen LogP contribution is -2.54. The number of carbonyl (C=O) groups is 1. The second-order valence-electron chi connectivity index (χ2n) is 8.45. The number of nitrogens with zero attached hydrogens (tertiary/aromatic N) is 4. The van der Waals surface area contributed by atoms with Gasteiger partial charge in [-0.3, -0.25) is 0 Å². The lowest BCUT2D eigenvalue weighted by Gasteiger charge is -2.42. The molecule has 1 saturated heterocycles. The standard InChI is InChI=1S/C27H27ClN6O/c1-19-12-13-22(28)24(16-19)32-27(35)34-15-14-33(17-25(34)21-9-4-3-5-10-21)26(30-18-29)31-23-11-7-6-8-20(23)2/h3-13,16,25H,14-15,17H2,1-2H3,(H,30,31)(H,32,35). The fourth-order valence-electron chi connectivity index (χ4n) is 4.16. The molecule has 0 spiro atoms. The minimum Gasteiger partial charge on any atom is -0.338 e. The number of aryl methyl sites for hydroxylation is 2. The Hall–Kier alpha value is -4.02. The third kappa shape index (κ3) is 5.73. The molecule has 0 bridgehead atoms. The molecule has 0 aliphatic carbocycles. The smallest absolute Gasteiger partial charge is 0.322 e. The number of halogens is 1. The summed E-state index contributed by atoms with van der Waals surface area (Å²) in [5.41, 5.74) is 4.51. The van der Waals surface area contributed by atoms with Crippen LogP contribution in [0.15, 0.2) is 77.8 Å². The molecule has 4 rings (SSSR count). The molecule has 0 saturated carbocycles. The van der Waals surface area contributed by atoms with Crippen LogP contribution < -0.4 is 10.6 Å². The summed E-state index contributed by atoms with van der Waals surface area (Å²) in [5.74, 6) is 0.463. The molecule has 1 unspecified atom stereocenters. The molecule has 1 aliphatic heterocycles. The highest BCUT2D eigenvalue weighted by atomic mass is 35.5. The van der Waals surface area contributed by atoms with E-state index in [0.29, 0.717) is 36.3 Å². The summed E-state index contributed by atoms with van der Waals surface area (Å²) >= 11 is 6.33. The Labute approximate surface area is 210 Å². The highest BCUT2D eigenvalue weighted by Gasteiger charge is 2.33. The van der Waals surface area contributed by atoms with Gasteiger partial charge in [0.2, 0.25) is 12.2 Å². The van der Waals surface area contributed by atoms with Crippen molar-refractivity contribution in [1.29, 1.82) is 5.26 Å². The number of nitrogens with one attached hydrogen (secondary N) is 2. The number of rotatable bonds is 3. The highest BCUT2D eigenvalue weighted by molar-refractivity contribution is 6.33. The number of guanidine groups is 1. The van der Waals surface area contributed by atoms with Crippen LogP contribution in [-0.2, 0) is 0 Å².